The first-order chi connectivity index (χ1) is 12.8. The molecule has 0 aromatic heterocycles. The summed E-state index contributed by atoms with van der Waals surface area (Å²) in [7, 11) is 0.525. The van der Waals surface area contributed by atoms with E-state index in [1.54, 1.807) is 11.0 Å². The first-order valence-electron chi connectivity index (χ1n) is 8.49. The Labute approximate surface area is 159 Å². The number of esters is 1. The van der Waals surface area contributed by atoms with Crippen LogP contribution in [0, 0.1) is 0 Å². The van der Waals surface area contributed by atoms with Gasteiger partial charge in [0.25, 0.3) is 5.91 Å². The molecule has 2 rings (SSSR count). The molecule has 8 nitrogen and oxygen atoms in total. The molecule has 1 saturated heterocycles. The summed E-state index contributed by atoms with van der Waals surface area (Å²) in [6.45, 7) is 1.09. The Morgan fingerprint density at radius 2 is 1.89 bits per heavy atom. The fraction of sp³-hybridized carbons (Fsp3) is 0.444. The Morgan fingerprint density at radius 1 is 1.22 bits per heavy atom. The van der Waals surface area contributed by atoms with Gasteiger partial charge in [0.2, 0.25) is 10.0 Å². The second-order valence-corrected chi connectivity index (χ2v) is 8.35. The van der Waals surface area contributed by atoms with Crippen LogP contribution in [-0.2, 0) is 24.3 Å². The Hall–Kier alpha value is -2.39. The Kier molecular flexibility index (Phi) is 6.98. The lowest BCUT2D eigenvalue weighted by molar-refractivity contribution is -0.147. The Balaban J connectivity index is 2.05. The van der Waals surface area contributed by atoms with Gasteiger partial charge in [-0.05, 0) is 36.6 Å². The summed E-state index contributed by atoms with van der Waals surface area (Å²) in [5, 5.41) is 0. The normalized spacial score (nSPS) is 14.7. The summed E-state index contributed by atoms with van der Waals surface area (Å²) < 4.78 is 35.9. The van der Waals surface area contributed by atoms with E-state index in [0.29, 0.717) is 18.7 Å². The zero-order valence-corrected chi connectivity index (χ0v) is 16.5. The first kappa shape index (κ1) is 20.9. The lowest BCUT2D eigenvalue weighted by Crippen LogP contribution is -2.31. The quantitative estimate of drug-likeness (QED) is 0.507. The minimum atomic E-state index is -3.70. The predicted octanol–water partition coefficient (Wildman–Crippen LogP) is 1.12. The van der Waals surface area contributed by atoms with Crippen molar-refractivity contribution in [2.24, 2.45) is 0 Å². The number of methoxy groups -OCH3 is 1. The maximum Gasteiger partial charge on any atom is 0.331 e. The van der Waals surface area contributed by atoms with Crippen LogP contribution < -0.4 is 4.74 Å². The largest absolute Gasteiger partial charge is 0.495 e. The molecule has 1 aromatic rings. The lowest BCUT2D eigenvalue weighted by atomic mass is 10.2. The number of carbonyl (C=O) groups is 2. The fourth-order valence-electron chi connectivity index (χ4n) is 2.60. The maximum atomic E-state index is 12.4. The van der Waals surface area contributed by atoms with Crippen molar-refractivity contribution in [1.29, 1.82) is 0 Å². The number of benzene rings is 1. The lowest BCUT2D eigenvalue weighted by Gasteiger charge is -2.15. The van der Waals surface area contributed by atoms with E-state index in [0.717, 1.165) is 23.2 Å². The van der Waals surface area contributed by atoms with Crippen LogP contribution in [0.2, 0.25) is 0 Å². The van der Waals surface area contributed by atoms with Gasteiger partial charge in [0.15, 0.2) is 6.61 Å². The zero-order chi connectivity index (χ0) is 20.0. The Morgan fingerprint density at radius 3 is 2.48 bits per heavy atom. The first-order valence-corrected chi connectivity index (χ1v) is 9.93. The van der Waals surface area contributed by atoms with E-state index < -0.39 is 16.0 Å². The highest BCUT2D eigenvalue weighted by Crippen LogP contribution is 2.27. The molecule has 1 heterocycles. The molecule has 0 atom stereocenters. The number of likely N-dealkylation sites (tertiary alicyclic amines) is 1. The SMILES string of the molecule is COc1ccc(/C=C/C(=O)OCC(=O)N2CCCC2)cc1S(=O)(=O)N(C)C. The fourth-order valence-corrected chi connectivity index (χ4v) is 3.68. The van der Waals surface area contributed by atoms with Crippen molar-refractivity contribution in [3.63, 3.8) is 0 Å². The molecule has 0 radical (unpaired) electrons. The highest BCUT2D eigenvalue weighted by Gasteiger charge is 2.22. The van der Waals surface area contributed by atoms with Gasteiger partial charge >= 0.3 is 5.97 Å². The van der Waals surface area contributed by atoms with Gasteiger partial charge in [-0.2, -0.15) is 0 Å². The molecule has 1 aliphatic heterocycles. The number of ether oxygens (including phenoxy) is 2. The van der Waals surface area contributed by atoms with Crippen LogP contribution in [-0.4, -0.2) is 70.4 Å². The number of sulfonamides is 1. The average molecular weight is 396 g/mol. The molecule has 1 amide bonds. The van der Waals surface area contributed by atoms with E-state index in [9.17, 15) is 18.0 Å². The number of hydrogen-bond donors (Lipinski definition) is 0. The second kappa shape index (κ2) is 9.01. The van der Waals surface area contributed by atoms with Gasteiger partial charge < -0.3 is 14.4 Å². The monoisotopic (exact) mass is 396 g/mol. The highest BCUT2D eigenvalue weighted by molar-refractivity contribution is 7.89. The summed E-state index contributed by atoms with van der Waals surface area (Å²) in [6, 6.07) is 4.54. The maximum absolute atomic E-state index is 12.4. The molecule has 1 aromatic carbocycles. The molecule has 0 N–H and O–H groups in total. The molecular formula is C18H24N2O6S. The molecule has 0 unspecified atom stereocenters. The molecule has 0 bridgehead atoms. The van der Waals surface area contributed by atoms with Crippen molar-refractivity contribution >= 4 is 28.0 Å². The minimum Gasteiger partial charge on any atom is -0.495 e. The number of rotatable bonds is 7. The van der Waals surface area contributed by atoms with Crippen LogP contribution in [0.5, 0.6) is 5.75 Å². The molecule has 0 spiro atoms. The third-order valence-electron chi connectivity index (χ3n) is 4.15. The third kappa shape index (κ3) is 5.30. The van der Waals surface area contributed by atoms with E-state index >= 15 is 0 Å². The number of nitrogens with zero attached hydrogens (tertiary/aromatic N) is 2. The standard InChI is InChI=1S/C18H24N2O6S/c1-19(2)27(23,24)16-12-14(6-8-15(16)25-3)7-9-18(22)26-13-17(21)20-10-4-5-11-20/h6-9,12H,4-5,10-11,13H2,1-3H3/b9-7+. The molecule has 9 heteroatoms. The zero-order valence-electron chi connectivity index (χ0n) is 15.7. The van der Waals surface area contributed by atoms with Crippen molar-refractivity contribution in [3.8, 4) is 5.75 Å². The Bertz CT molecular complexity index is 826. The summed E-state index contributed by atoms with van der Waals surface area (Å²) >= 11 is 0. The molecule has 0 aliphatic carbocycles. The summed E-state index contributed by atoms with van der Waals surface area (Å²) in [6.07, 6.45) is 4.52. The van der Waals surface area contributed by atoms with Crippen LogP contribution in [0.15, 0.2) is 29.2 Å². The summed E-state index contributed by atoms with van der Waals surface area (Å²) in [4.78, 5) is 25.3. The predicted molar refractivity (Wildman–Crippen MR) is 99.7 cm³/mol. The molecular weight excluding hydrogens is 372 g/mol. The summed E-state index contributed by atoms with van der Waals surface area (Å²) in [5.74, 6) is -0.673. The van der Waals surface area contributed by atoms with Crippen LogP contribution in [0.1, 0.15) is 18.4 Å². The van der Waals surface area contributed by atoms with Gasteiger partial charge in [0.1, 0.15) is 10.6 Å². The number of carbonyl (C=O) groups excluding carboxylic acids is 2. The highest BCUT2D eigenvalue weighted by atomic mass is 32.2. The minimum absolute atomic E-state index is 0.00488. The van der Waals surface area contributed by atoms with Gasteiger partial charge in [-0.1, -0.05) is 6.07 Å². The van der Waals surface area contributed by atoms with Crippen molar-refractivity contribution < 1.29 is 27.5 Å². The van der Waals surface area contributed by atoms with Gasteiger partial charge in [-0.25, -0.2) is 17.5 Å². The molecule has 27 heavy (non-hydrogen) atoms. The third-order valence-corrected chi connectivity index (χ3v) is 5.99. The van der Waals surface area contributed by atoms with Gasteiger partial charge in [-0.15, -0.1) is 0 Å². The van der Waals surface area contributed by atoms with Crippen LogP contribution >= 0.6 is 0 Å². The molecule has 1 aliphatic rings. The average Bonchev–Trinajstić information content (AvgIpc) is 3.18. The van der Waals surface area contributed by atoms with Crippen molar-refractivity contribution in [2.45, 2.75) is 17.7 Å². The number of amides is 1. The van der Waals surface area contributed by atoms with Crippen molar-refractivity contribution in [1.82, 2.24) is 9.21 Å². The van der Waals surface area contributed by atoms with E-state index in [2.05, 4.69) is 0 Å². The van der Waals surface area contributed by atoms with Gasteiger partial charge in [0, 0.05) is 33.3 Å². The van der Waals surface area contributed by atoms with E-state index in [1.165, 1.54) is 39.4 Å². The molecule has 0 saturated carbocycles. The second-order valence-electron chi connectivity index (χ2n) is 6.23. The number of hydrogen-bond acceptors (Lipinski definition) is 6. The van der Waals surface area contributed by atoms with Crippen molar-refractivity contribution in [2.75, 3.05) is 40.9 Å². The smallest absolute Gasteiger partial charge is 0.331 e. The van der Waals surface area contributed by atoms with E-state index in [1.807, 2.05) is 0 Å². The molecule has 1 fully saturated rings. The van der Waals surface area contributed by atoms with Crippen LogP contribution in [0.25, 0.3) is 6.08 Å². The van der Waals surface area contributed by atoms with Crippen LogP contribution in [0.3, 0.4) is 0 Å². The summed E-state index contributed by atoms with van der Waals surface area (Å²) in [5.41, 5.74) is 0.485. The molecule has 148 valence electrons. The van der Waals surface area contributed by atoms with Gasteiger partial charge in [-0.3, -0.25) is 4.79 Å². The van der Waals surface area contributed by atoms with E-state index in [-0.39, 0.29) is 23.2 Å². The van der Waals surface area contributed by atoms with Crippen LogP contribution in [0.4, 0.5) is 0 Å². The van der Waals surface area contributed by atoms with Gasteiger partial charge in [0.05, 0.1) is 7.11 Å². The van der Waals surface area contributed by atoms with Crippen molar-refractivity contribution in [3.05, 3.63) is 29.8 Å². The topological polar surface area (TPSA) is 93.2 Å². The van der Waals surface area contributed by atoms with E-state index in [4.69, 9.17) is 9.47 Å².